The third-order valence-electron chi connectivity index (χ3n) is 3.44. The number of aliphatic hydroxyl groups excluding tert-OH is 1. The molecule has 3 unspecified atom stereocenters. The van der Waals surface area contributed by atoms with Gasteiger partial charge >= 0.3 is 0 Å². The van der Waals surface area contributed by atoms with Crippen LogP contribution in [-0.4, -0.2) is 24.4 Å². The van der Waals surface area contributed by atoms with Crippen molar-refractivity contribution in [3.63, 3.8) is 0 Å². The first-order valence-electron chi connectivity index (χ1n) is 5.21. The molecule has 0 aromatic rings. The molecule has 1 aliphatic heterocycles. The smallest absolute Gasteiger partial charge is 0.0655 e. The van der Waals surface area contributed by atoms with E-state index in [1.54, 1.807) is 0 Å². The minimum atomic E-state index is 0.110. The third-order valence-corrected chi connectivity index (χ3v) is 3.44. The Morgan fingerprint density at radius 3 is 2.38 bits per heavy atom. The van der Waals surface area contributed by atoms with Gasteiger partial charge in [0.25, 0.3) is 0 Å². The van der Waals surface area contributed by atoms with Gasteiger partial charge in [-0.3, -0.25) is 0 Å². The third kappa shape index (κ3) is 2.23. The van der Waals surface area contributed by atoms with E-state index in [-0.39, 0.29) is 12.0 Å². The average molecular weight is 186 g/mol. The standard InChI is InChI=1S/C11H22O2/c1-8-7-13-10(9(8)2)11(3,4)5-6-12/h8-10,12H,5-7H2,1-4H3. The van der Waals surface area contributed by atoms with E-state index in [0.29, 0.717) is 17.9 Å². The van der Waals surface area contributed by atoms with Gasteiger partial charge in [0.05, 0.1) is 6.10 Å². The fourth-order valence-corrected chi connectivity index (χ4v) is 2.23. The molecule has 0 bridgehead atoms. The number of hydrogen-bond donors (Lipinski definition) is 1. The van der Waals surface area contributed by atoms with Crippen LogP contribution in [0.25, 0.3) is 0 Å². The Labute approximate surface area is 81.3 Å². The maximum absolute atomic E-state index is 8.96. The lowest BCUT2D eigenvalue weighted by atomic mass is 9.76. The Bertz CT molecular complexity index is 165. The molecule has 2 heteroatoms. The zero-order valence-electron chi connectivity index (χ0n) is 9.21. The van der Waals surface area contributed by atoms with Gasteiger partial charge in [0, 0.05) is 13.2 Å². The predicted octanol–water partition coefficient (Wildman–Crippen LogP) is 2.07. The summed E-state index contributed by atoms with van der Waals surface area (Å²) in [4.78, 5) is 0. The number of rotatable bonds is 3. The second kappa shape index (κ2) is 3.97. The van der Waals surface area contributed by atoms with Gasteiger partial charge in [0.2, 0.25) is 0 Å². The molecule has 0 aromatic carbocycles. The molecule has 0 spiro atoms. The van der Waals surface area contributed by atoms with Crippen molar-refractivity contribution in [3.05, 3.63) is 0 Å². The molecule has 0 amide bonds. The SMILES string of the molecule is CC1COC(C(C)(C)CCO)C1C. The molecule has 0 radical (unpaired) electrons. The van der Waals surface area contributed by atoms with E-state index in [4.69, 9.17) is 9.84 Å². The highest BCUT2D eigenvalue weighted by molar-refractivity contribution is 4.88. The van der Waals surface area contributed by atoms with Crippen molar-refractivity contribution in [2.75, 3.05) is 13.2 Å². The van der Waals surface area contributed by atoms with Crippen LogP contribution in [0, 0.1) is 17.3 Å². The first-order chi connectivity index (χ1) is 5.99. The van der Waals surface area contributed by atoms with Gasteiger partial charge in [-0.2, -0.15) is 0 Å². The summed E-state index contributed by atoms with van der Waals surface area (Å²) in [5.41, 5.74) is 0.110. The molecule has 2 nitrogen and oxygen atoms in total. The molecule has 1 N–H and O–H groups in total. The first kappa shape index (κ1) is 11.0. The van der Waals surface area contributed by atoms with Crippen LogP contribution in [0.4, 0.5) is 0 Å². The Morgan fingerprint density at radius 1 is 1.38 bits per heavy atom. The van der Waals surface area contributed by atoms with Crippen molar-refractivity contribution in [1.82, 2.24) is 0 Å². The molecule has 1 rings (SSSR count). The maximum atomic E-state index is 8.96. The highest BCUT2D eigenvalue weighted by Crippen LogP contribution is 2.39. The highest BCUT2D eigenvalue weighted by Gasteiger charge is 2.40. The van der Waals surface area contributed by atoms with Crippen molar-refractivity contribution in [1.29, 1.82) is 0 Å². The van der Waals surface area contributed by atoms with Gasteiger partial charge in [0.15, 0.2) is 0 Å². The van der Waals surface area contributed by atoms with Crippen molar-refractivity contribution in [3.8, 4) is 0 Å². The zero-order chi connectivity index (χ0) is 10.1. The van der Waals surface area contributed by atoms with Crippen LogP contribution in [0.5, 0.6) is 0 Å². The second-order valence-corrected chi connectivity index (χ2v) is 5.05. The van der Waals surface area contributed by atoms with E-state index in [0.717, 1.165) is 13.0 Å². The fraction of sp³-hybridized carbons (Fsp3) is 1.00. The first-order valence-corrected chi connectivity index (χ1v) is 5.21. The van der Waals surface area contributed by atoms with Gasteiger partial charge in [0.1, 0.15) is 0 Å². The van der Waals surface area contributed by atoms with E-state index in [1.165, 1.54) is 0 Å². The van der Waals surface area contributed by atoms with Crippen molar-refractivity contribution < 1.29 is 9.84 Å². The topological polar surface area (TPSA) is 29.5 Å². The molecule has 3 atom stereocenters. The number of ether oxygens (including phenoxy) is 1. The quantitative estimate of drug-likeness (QED) is 0.731. The van der Waals surface area contributed by atoms with Gasteiger partial charge in [-0.05, 0) is 23.7 Å². The summed E-state index contributed by atoms with van der Waals surface area (Å²) >= 11 is 0. The molecule has 78 valence electrons. The molecule has 1 saturated heterocycles. The Hall–Kier alpha value is -0.0800. The Balaban J connectivity index is 2.61. The molecule has 13 heavy (non-hydrogen) atoms. The van der Waals surface area contributed by atoms with Crippen molar-refractivity contribution >= 4 is 0 Å². The van der Waals surface area contributed by atoms with Crippen LogP contribution in [-0.2, 0) is 4.74 Å². The van der Waals surface area contributed by atoms with Crippen LogP contribution in [0.3, 0.4) is 0 Å². The summed E-state index contributed by atoms with van der Waals surface area (Å²) in [6, 6.07) is 0. The molecule has 0 aromatic heterocycles. The van der Waals surface area contributed by atoms with E-state index in [9.17, 15) is 0 Å². The summed E-state index contributed by atoms with van der Waals surface area (Å²) in [5.74, 6) is 1.27. The minimum absolute atomic E-state index is 0.110. The van der Waals surface area contributed by atoms with Crippen LogP contribution in [0.15, 0.2) is 0 Å². The molecular weight excluding hydrogens is 164 g/mol. The molecular formula is C11H22O2. The molecule has 1 fully saturated rings. The number of hydrogen-bond acceptors (Lipinski definition) is 2. The summed E-state index contributed by atoms with van der Waals surface area (Å²) in [5, 5.41) is 8.96. The predicted molar refractivity (Wildman–Crippen MR) is 53.6 cm³/mol. The van der Waals surface area contributed by atoms with Gasteiger partial charge in [-0.15, -0.1) is 0 Å². The normalized spacial score (nSPS) is 35.3. The largest absolute Gasteiger partial charge is 0.396 e. The van der Waals surface area contributed by atoms with E-state index >= 15 is 0 Å². The fourth-order valence-electron chi connectivity index (χ4n) is 2.23. The summed E-state index contributed by atoms with van der Waals surface area (Å²) in [6.45, 7) is 9.99. The lowest BCUT2D eigenvalue weighted by molar-refractivity contribution is -0.0111. The zero-order valence-corrected chi connectivity index (χ0v) is 9.21. The summed E-state index contributed by atoms with van der Waals surface area (Å²) in [6.07, 6.45) is 1.14. The van der Waals surface area contributed by atoms with Crippen LogP contribution in [0.1, 0.15) is 34.1 Å². The lowest BCUT2D eigenvalue weighted by Gasteiger charge is -2.33. The monoisotopic (exact) mass is 186 g/mol. The molecule has 1 heterocycles. The molecule has 0 aliphatic carbocycles. The van der Waals surface area contributed by atoms with Crippen molar-refractivity contribution in [2.45, 2.75) is 40.2 Å². The Morgan fingerprint density at radius 2 is 2.00 bits per heavy atom. The van der Waals surface area contributed by atoms with E-state index in [2.05, 4.69) is 27.7 Å². The van der Waals surface area contributed by atoms with Gasteiger partial charge < -0.3 is 9.84 Å². The average Bonchev–Trinajstić information content (AvgIpc) is 2.33. The molecule has 0 saturated carbocycles. The lowest BCUT2D eigenvalue weighted by Crippen LogP contribution is -2.34. The van der Waals surface area contributed by atoms with Crippen LogP contribution >= 0.6 is 0 Å². The van der Waals surface area contributed by atoms with Gasteiger partial charge in [-0.1, -0.05) is 27.7 Å². The van der Waals surface area contributed by atoms with Crippen LogP contribution in [0.2, 0.25) is 0 Å². The van der Waals surface area contributed by atoms with Crippen LogP contribution < -0.4 is 0 Å². The highest BCUT2D eigenvalue weighted by atomic mass is 16.5. The second-order valence-electron chi connectivity index (χ2n) is 5.05. The van der Waals surface area contributed by atoms with E-state index in [1.807, 2.05) is 0 Å². The van der Waals surface area contributed by atoms with E-state index < -0.39 is 0 Å². The minimum Gasteiger partial charge on any atom is -0.396 e. The van der Waals surface area contributed by atoms with Crippen molar-refractivity contribution in [2.24, 2.45) is 17.3 Å². The summed E-state index contributed by atoms with van der Waals surface area (Å²) in [7, 11) is 0. The molecule has 1 aliphatic rings. The Kier molecular flexibility index (Phi) is 3.36. The summed E-state index contributed by atoms with van der Waals surface area (Å²) < 4.78 is 5.78. The van der Waals surface area contributed by atoms with Gasteiger partial charge in [-0.25, -0.2) is 0 Å². The number of aliphatic hydroxyl groups is 1. The maximum Gasteiger partial charge on any atom is 0.0655 e.